The van der Waals surface area contributed by atoms with Crippen LogP contribution >= 0.6 is 0 Å². The topological polar surface area (TPSA) is 56.4 Å². The minimum absolute atomic E-state index is 0.177. The molecule has 0 spiro atoms. The maximum Gasteiger partial charge on any atom is 0.337 e. The molecule has 0 aliphatic carbocycles. The van der Waals surface area contributed by atoms with Crippen molar-refractivity contribution < 1.29 is 4.79 Å². The molecule has 1 aliphatic heterocycles. The number of urea groups is 1. The van der Waals surface area contributed by atoms with Crippen molar-refractivity contribution in [3.8, 4) is 0 Å². The molecule has 1 rings (SSSR count). The van der Waals surface area contributed by atoms with Gasteiger partial charge in [-0.2, -0.15) is 0 Å². The highest BCUT2D eigenvalue weighted by atomic mass is 16.2. The van der Waals surface area contributed by atoms with Gasteiger partial charge in [0.25, 0.3) is 0 Å². The fourth-order valence-corrected chi connectivity index (χ4v) is 0.648. The minimum atomic E-state index is -0.177. The van der Waals surface area contributed by atoms with Crippen LogP contribution in [0.2, 0.25) is 0 Å². The van der Waals surface area contributed by atoms with E-state index in [1.165, 1.54) is 11.2 Å². The number of rotatable bonds is 2. The van der Waals surface area contributed by atoms with Gasteiger partial charge in [0.2, 0.25) is 0 Å². The van der Waals surface area contributed by atoms with E-state index in [1.54, 1.807) is 0 Å². The van der Waals surface area contributed by atoms with Gasteiger partial charge >= 0.3 is 6.03 Å². The van der Waals surface area contributed by atoms with Crippen molar-refractivity contribution in [2.75, 3.05) is 6.54 Å². The van der Waals surface area contributed by atoms with Gasteiger partial charge in [-0.3, -0.25) is 5.43 Å². The lowest BCUT2D eigenvalue weighted by Crippen LogP contribution is -2.45. The molecule has 0 aromatic carbocycles. The first-order chi connectivity index (χ1) is 5.34. The Morgan fingerprint density at radius 1 is 1.82 bits per heavy atom. The van der Waals surface area contributed by atoms with Gasteiger partial charge in [0.15, 0.2) is 0 Å². The van der Waals surface area contributed by atoms with Crippen LogP contribution in [0.1, 0.15) is 13.3 Å². The third-order valence-corrected chi connectivity index (χ3v) is 1.19. The third-order valence-electron chi connectivity index (χ3n) is 1.19. The molecule has 0 fully saturated rings. The van der Waals surface area contributed by atoms with Gasteiger partial charge < -0.3 is 5.32 Å². The van der Waals surface area contributed by atoms with Crippen LogP contribution in [0.4, 0.5) is 4.79 Å². The van der Waals surface area contributed by atoms with Crippen LogP contribution < -0.4 is 16.3 Å². The van der Waals surface area contributed by atoms with Gasteiger partial charge in [-0.1, -0.05) is 6.92 Å². The Hall–Kier alpha value is -1.23. The fourth-order valence-electron chi connectivity index (χ4n) is 0.648. The minimum Gasteiger partial charge on any atom is -0.337 e. The van der Waals surface area contributed by atoms with Gasteiger partial charge in [-0.05, 0) is 6.42 Å². The average molecular weight is 155 g/mol. The summed E-state index contributed by atoms with van der Waals surface area (Å²) in [7, 11) is 0. The standard InChI is InChI=1S/C6H11N4O/c1-2-3-7-6(11)10-5-4-8-9-10/h5,8-9H,2-3H2,1H3,(H,7,11). The molecule has 61 valence electrons. The summed E-state index contributed by atoms with van der Waals surface area (Å²) >= 11 is 0. The van der Waals surface area contributed by atoms with Gasteiger partial charge in [0.1, 0.15) is 0 Å². The second-order valence-corrected chi connectivity index (χ2v) is 2.11. The Kier molecular flexibility index (Phi) is 2.74. The molecule has 0 unspecified atom stereocenters. The van der Waals surface area contributed by atoms with Crippen LogP contribution in [0.15, 0.2) is 6.20 Å². The predicted octanol–water partition coefficient (Wildman–Crippen LogP) is -0.295. The largest absolute Gasteiger partial charge is 0.337 e. The maximum absolute atomic E-state index is 11.0. The van der Waals surface area contributed by atoms with E-state index in [2.05, 4.69) is 22.5 Å². The lowest BCUT2D eigenvalue weighted by atomic mass is 10.5. The number of hydrogen-bond acceptors (Lipinski definition) is 3. The Labute approximate surface area is 65.4 Å². The van der Waals surface area contributed by atoms with Crippen molar-refractivity contribution in [2.24, 2.45) is 0 Å². The van der Waals surface area contributed by atoms with Crippen molar-refractivity contribution in [3.05, 3.63) is 12.4 Å². The number of carbonyl (C=O) groups is 1. The zero-order chi connectivity index (χ0) is 8.10. The van der Waals surface area contributed by atoms with E-state index in [0.29, 0.717) is 6.54 Å². The summed E-state index contributed by atoms with van der Waals surface area (Å²) in [5.41, 5.74) is 5.11. The van der Waals surface area contributed by atoms with Crippen LogP contribution in [0.3, 0.4) is 0 Å². The maximum atomic E-state index is 11.0. The highest BCUT2D eigenvalue weighted by molar-refractivity contribution is 5.74. The summed E-state index contributed by atoms with van der Waals surface area (Å²) in [5.74, 6) is 0. The number of nitrogens with zero attached hydrogens (tertiary/aromatic N) is 1. The SMILES string of the molecule is CCCNC(=O)N1C=[C]NN1. The zero-order valence-corrected chi connectivity index (χ0v) is 6.35. The molecule has 0 aromatic rings. The first kappa shape index (κ1) is 7.87. The molecule has 1 radical (unpaired) electrons. The predicted molar refractivity (Wildman–Crippen MR) is 39.6 cm³/mol. The average Bonchev–Trinajstić information content (AvgIpc) is 2.52. The van der Waals surface area contributed by atoms with Crippen molar-refractivity contribution in [3.63, 3.8) is 0 Å². The van der Waals surface area contributed by atoms with E-state index in [0.717, 1.165) is 6.42 Å². The monoisotopic (exact) mass is 155 g/mol. The van der Waals surface area contributed by atoms with Gasteiger partial charge in [0.05, 0.1) is 12.4 Å². The molecule has 0 saturated heterocycles. The number of hydrogen-bond donors (Lipinski definition) is 3. The van der Waals surface area contributed by atoms with Crippen molar-refractivity contribution >= 4 is 6.03 Å². The second-order valence-electron chi connectivity index (χ2n) is 2.11. The molecule has 5 heteroatoms. The molecule has 5 nitrogen and oxygen atoms in total. The summed E-state index contributed by atoms with van der Waals surface area (Å²) in [4.78, 5) is 11.0. The zero-order valence-electron chi connectivity index (χ0n) is 6.35. The molecule has 0 saturated carbocycles. The van der Waals surface area contributed by atoms with Crippen molar-refractivity contribution in [1.29, 1.82) is 0 Å². The highest BCUT2D eigenvalue weighted by Gasteiger charge is 2.11. The van der Waals surface area contributed by atoms with Crippen LogP contribution in [0.5, 0.6) is 0 Å². The summed E-state index contributed by atoms with van der Waals surface area (Å²) < 4.78 is 0. The van der Waals surface area contributed by atoms with E-state index >= 15 is 0 Å². The van der Waals surface area contributed by atoms with Gasteiger partial charge in [0, 0.05) is 6.54 Å². The van der Waals surface area contributed by atoms with Crippen molar-refractivity contribution in [1.82, 2.24) is 21.3 Å². The molecule has 0 bridgehead atoms. The van der Waals surface area contributed by atoms with E-state index in [9.17, 15) is 4.79 Å². The second kappa shape index (κ2) is 3.82. The van der Waals surface area contributed by atoms with Gasteiger partial charge in [-0.25, -0.2) is 9.80 Å². The van der Waals surface area contributed by atoms with Crippen LogP contribution in [-0.2, 0) is 0 Å². The lowest BCUT2D eigenvalue weighted by Gasteiger charge is -2.13. The smallest absolute Gasteiger partial charge is 0.337 e. The number of amides is 2. The summed E-state index contributed by atoms with van der Waals surface area (Å²) in [6.45, 7) is 2.68. The Bertz CT molecular complexity index is 168. The number of nitrogens with one attached hydrogen (secondary N) is 3. The van der Waals surface area contributed by atoms with E-state index in [-0.39, 0.29) is 6.03 Å². The first-order valence-corrected chi connectivity index (χ1v) is 3.51. The van der Waals surface area contributed by atoms with E-state index in [4.69, 9.17) is 0 Å². The van der Waals surface area contributed by atoms with E-state index < -0.39 is 0 Å². The highest BCUT2D eigenvalue weighted by Crippen LogP contribution is 1.88. The number of hydrazine groups is 2. The molecule has 2 amide bonds. The molecule has 1 heterocycles. The fraction of sp³-hybridized carbons (Fsp3) is 0.500. The Morgan fingerprint density at radius 3 is 3.18 bits per heavy atom. The summed E-state index contributed by atoms with van der Waals surface area (Å²) in [5, 5.41) is 3.97. The molecular weight excluding hydrogens is 144 g/mol. The van der Waals surface area contributed by atoms with Crippen LogP contribution in [0.25, 0.3) is 0 Å². The third kappa shape index (κ3) is 2.12. The summed E-state index contributed by atoms with van der Waals surface area (Å²) in [6.07, 6.45) is 5.03. The molecule has 11 heavy (non-hydrogen) atoms. The van der Waals surface area contributed by atoms with Crippen LogP contribution in [-0.4, -0.2) is 17.6 Å². The molecule has 0 atom stereocenters. The lowest BCUT2D eigenvalue weighted by molar-refractivity contribution is 0.198. The van der Waals surface area contributed by atoms with Gasteiger partial charge in [-0.15, -0.1) is 5.53 Å². The van der Waals surface area contributed by atoms with Crippen molar-refractivity contribution in [2.45, 2.75) is 13.3 Å². The first-order valence-electron chi connectivity index (χ1n) is 3.51. The number of carbonyl (C=O) groups excluding carboxylic acids is 1. The Balaban J connectivity index is 2.23. The van der Waals surface area contributed by atoms with E-state index in [1.807, 2.05) is 6.92 Å². The molecular formula is C6H11N4O. The molecule has 0 aromatic heterocycles. The Morgan fingerprint density at radius 2 is 2.64 bits per heavy atom. The molecule has 3 N–H and O–H groups in total. The van der Waals surface area contributed by atoms with Crippen LogP contribution in [0, 0.1) is 6.20 Å². The normalized spacial score (nSPS) is 14.8. The summed E-state index contributed by atoms with van der Waals surface area (Å²) in [6, 6.07) is -0.177. The quantitative estimate of drug-likeness (QED) is 0.513. The molecule has 1 aliphatic rings.